The van der Waals surface area contributed by atoms with Crippen molar-refractivity contribution in [3.8, 4) is 0 Å². The van der Waals surface area contributed by atoms with Crippen LogP contribution in [0.4, 0.5) is 0 Å². The molecule has 20 heavy (non-hydrogen) atoms. The maximum absolute atomic E-state index is 12.4. The van der Waals surface area contributed by atoms with Crippen molar-refractivity contribution in [1.82, 2.24) is 10.3 Å². The lowest BCUT2D eigenvalue weighted by Gasteiger charge is -2.39. The second-order valence-corrected chi connectivity index (χ2v) is 6.34. The molecule has 100 valence electrons. The van der Waals surface area contributed by atoms with Crippen LogP contribution in [0.3, 0.4) is 0 Å². The molecule has 0 radical (unpaired) electrons. The molecule has 1 aliphatic carbocycles. The summed E-state index contributed by atoms with van der Waals surface area (Å²) in [6.45, 7) is 4.44. The number of nitrogens with zero attached hydrogens (tertiary/aromatic N) is 1. The molecule has 1 unspecified atom stereocenters. The normalized spacial score (nSPS) is 25.4. The topological polar surface area (TPSA) is 42.0 Å². The highest BCUT2D eigenvalue weighted by Crippen LogP contribution is 2.56. The molecule has 0 bridgehead atoms. The van der Waals surface area contributed by atoms with Crippen LogP contribution in [0.25, 0.3) is 0 Å². The first-order chi connectivity index (χ1) is 9.56. The van der Waals surface area contributed by atoms with E-state index in [0.29, 0.717) is 0 Å². The zero-order chi connectivity index (χ0) is 14.0. The van der Waals surface area contributed by atoms with Gasteiger partial charge in [-0.2, -0.15) is 0 Å². The van der Waals surface area contributed by atoms with Gasteiger partial charge in [0.15, 0.2) is 0 Å². The number of amides is 1. The van der Waals surface area contributed by atoms with Crippen LogP contribution in [0.2, 0.25) is 0 Å². The summed E-state index contributed by atoms with van der Waals surface area (Å²) in [6, 6.07) is 10.2. The average molecular weight is 264 g/mol. The fourth-order valence-electron chi connectivity index (χ4n) is 3.96. The standard InChI is InChI=1S/C17H16N2O/c1-16(2)9-11-5-3-4-6-13(11)17(16)14-10-18-8-7-12(14)15(20)19-17/h3-8,10H,9H2,1-2H3,(H,19,20). The molecule has 1 spiro atoms. The molecule has 1 atom stereocenters. The number of carbonyl (C=O) groups is 1. The molecule has 0 saturated carbocycles. The van der Waals surface area contributed by atoms with Gasteiger partial charge >= 0.3 is 0 Å². The second kappa shape index (κ2) is 3.48. The number of nitrogens with one attached hydrogen (secondary N) is 1. The molecule has 1 aromatic carbocycles. The number of benzene rings is 1. The van der Waals surface area contributed by atoms with Gasteiger partial charge in [0.1, 0.15) is 0 Å². The number of fused-ring (bicyclic) bond motifs is 4. The second-order valence-electron chi connectivity index (χ2n) is 6.34. The third kappa shape index (κ3) is 1.16. The molecule has 4 rings (SSSR count). The Morgan fingerprint density at radius 1 is 1.15 bits per heavy atom. The van der Waals surface area contributed by atoms with E-state index in [-0.39, 0.29) is 11.3 Å². The molecule has 1 aliphatic heterocycles. The number of rotatable bonds is 0. The van der Waals surface area contributed by atoms with Crippen molar-refractivity contribution in [1.29, 1.82) is 0 Å². The fourth-order valence-corrected chi connectivity index (χ4v) is 3.96. The smallest absolute Gasteiger partial charge is 0.252 e. The van der Waals surface area contributed by atoms with Crippen molar-refractivity contribution >= 4 is 5.91 Å². The summed E-state index contributed by atoms with van der Waals surface area (Å²) in [5.74, 6) is 0.00665. The first-order valence-electron chi connectivity index (χ1n) is 6.92. The van der Waals surface area contributed by atoms with E-state index in [4.69, 9.17) is 0 Å². The van der Waals surface area contributed by atoms with Crippen LogP contribution < -0.4 is 5.32 Å². The van der Waals surface area contributed by atoms with Crippen molar-refractivity contribution in [3.05, 3.63) is 65.0 Å². The van der Waals surface area contributed by atoms with Gasteiger partial charge in [-0.05, 0) is 23.6 Å². The van der Waals surface area contributed by atoms with E-state index in [1.807, 2.05) is 18.3 Å². The predicted octanol–water partition coefficient (Wildman–Crippen LogP) is 2.65. The molecule has 2 heterocycles. The number of pyridine rings is 1. The Kier molecular flexibility index (Phi) is 2.03. The first-order valence-corrected chi connectivity index (χ1v) is 6.92. The predicted molar refractivity (Wildman–Crippen MR) is 76.4 cm³/mol. The number of aromatic nitrogens is 1. The van der Waals surface area contributed by atoms with E-state index >= 15 is 0 Å². The molecular formula is C17H16N2O. The van der Waals surface area contributed by atoms with Crippen LogP contribution in [0.15, 0.2) is 42.7 Å². The molecule has 1 amide bonds. The molecule has 0 saturated heterocycles. The van der Waals surface area contributed by atoms with E-state index in [1.165, 1.54) is 11.1 Å². The maximum Gasteiger partial charge on any atom is 0.252 e. The van der Waals surface area contributed by atoms with Gasteiger partial charge in [-0.1, -0.05) is 38.1 Å². The summed E-state index contributed by atoms with van der Waals surface area (Å²) in [6.07, 6.45) is 4.49. The summed E-state index contributed by atoms with van der Waals surface area (Å²) >= 11 is 0. The molecule has 3 heteroatoms. The summed E-state index contributed by atoms with van der Waals surface area (Å²) < 4.78 is 0. The molecule has 2 aliphatic rings. The van der Waals surface area contributed by atoms with Gasteiger partial charge in [0.05, 0.1) is 5.54 Å². The maximum atomic E-state index is 12.4. The lowest BCUT2D eigenvalue weighted by Crippen LogP contribution is -2.49. The first kappa shape index (κ1) is 11.6. The Labute approximate surface area is 118 Å². The van der Waals surface area contributed by atoms with Gasteiger partial charge in [0.2, 0.25) is 0 Å². The van der Waals surface area contributed by atoms with Crippen LogP contribution in [-0.4, -0.2) is 10.9 Å². The molecule has 2 aromatic rings. The third-order valence-corrected chi connectivity index (χ3v) is 4.84. The Morgan fingerprint density at radius 3 is 2.80 bits per heavy atom. The summed E-state index contributed by atoms with van der Waals surface area (Å²) in [4.78, 5) is 16.6. The van der Waals surface area contributed by atoms with Crippen molar-refractivity contribution in [2.45, 2.75) is 25.8 Å². The van der Waals surface area contributed by atoms with Gasteiger partial charge in [-0.15, -0.1) is 0 Å². The van der Waals surface area contributed by atoms with Crippen LogP contribution in [0, 0.1) is 5.41 Å². The highest BCUT2D eigenvalue weighted by Gasteiger charge is 2.58. The monoisotopic (exact) mass is 264 g/mol. The fraction of sp³-hybridized carbons (Fsp3) is 0.294. The summed E-state index contributed by atoms with van der Waals surface area (Å²) in [5, 5.41) is 3.26. The minimum Gasteiger partial charge on any atom is -0.338 e. The van der Waals surface area contributed by atoms with Crippen molar-refractivity contribution < 1.29 is 4.79 Å². The van der Waals surface area contributed by atoms with Crippen molar-refractivity contribution in [2.24, 2.45) is 5.41 Å². The minimum absolute atomic E-state index is 0.00665. The zero-order valence-electron chi connectivity index (χ0n) is 11.6. The van der Waals surface area contributed by atoms with Crippen LogP contribution in [0.5, 0.6) is 0 Å². The number of carbonyl (C=O) groups excluding carboxylic acids is 1. The van der Waals surface area contributed by atoms with E-state index in [0.717, 1.165) is 17.5 Å². The summed E-state index contributed by atoms with van der Waals surface area (Å²) in [7, 11) is 0. The van der Waals surface area contributed by atoms with Crippen molar-refractivity contribution in [3.63, 3.8) is 0 Å². The van der Waals surface area contributed by atoms with E-state index in [1.54, 1.807) is 6.20 Å². The van der Waals surface area contributed by atoms with Crippen LogP contribution >= 0.6 is 0 Å². The average Bonchev–Trinajstić information content (AvgIpc) is 2.86. The Balaban J connectivity index is 2.09. The molecule has 0 fully saturated rings. The lowest BCUT2D eigenvalue weighted by molar-refractivity contribution is 0.0887. The van der Waals surface area contributed by atoms with Gasteiger partial charge in [-0.25, -0.2) is 0 Å². The quantitative estimate of drug-likeness (QED) is 0.795. The largest absolute Gasteiger partial charge is 0.338 e. The van der Waals surface area contributed by atoms with Crippen molar-refractivity contribution in [2.75, 3.05) is 0 Å². The third-order valence-electron chi connectivity index (χ3n) is 4.84. The van der Waals surface area contributed by atoms with Gasteiger partial charge in [-0.3, -0.25) is 9.78 Å². The van der Waals surface area contributed by atoms with Crippen LogP contribution in [0.1, 0.15) is 40.9 Å². The highest BCUT2D eigenvalue weighted by atomic mass is 16.2. The number of hydrogen-bond acceptors (Lipinski definition) is 2. The molecular weight excluding hydrogens is 248 g/mol. The molecule has 1 N–H and O–H groups in total. The minimum atomic E-state index is -0.440. The molecule has 1 aromatic heterocycles. The van der Waals surface area contributed by atoms with Crippen LogP contribution in [-0.2, 0) is 12.0 Å². The Morgan fingerprint density at radius 2 is 1.95 bits per heavy atom. The zero-order valence-corrected chi connectivity index (χ0v) is 11.6. The highest BCUT2D eigenvalue weighted by molar-refractivity contribution is 6.01. The Bertz CT molecular complexity index is 735. The Hall–Kier alpha value is -2.16. The SMILES string of the molecule is CC1(C)Cc2ccccc2C12NC(=O)c1ccncc12. The lowest BCUT2D eigenvalue weighted by atomic mass is 9.70. The van der Waals surface area contributed by atoms with E-state index in [2.05, 4.69) is 42.3 Å². The number of hydrogen-bond donors (Lipinski definition) is 1. The van der Waals surface area contributed by atoms with E-state index < -0.39 is 5.54 Å². The molecule has 3 nitrogen and oxygen atoms in total. The van der Waals surface area contributed by atoms with E-state index in [9.17, 15) is 4.79 Å². The van der Waals surface area contributed by atoms with Gasteiger partial charge < -0.3 is 5.32 Å². The van der Waals surface area contributed by atoms with Gasteiger partial charge in [0, 0.05) is 28.9 Å². The summed E-state index contributed by atoms with van der Waals surface area (Å²) in [5.41, 5.74) is 3.79. The van der Waals surface area contributed by atoms with Gasteiger partial charge in [0.25, 0.3) is 5.91 Å².